The van der Waals surface area contributed by atoms with Gasteiger partial charge in [0.1, 0.15) is 0 Å². The van der Waals surface area contributed by atoms with Gasteiger partial charge in [0.15, 0.2) is 0 Å². The van der Waals surface area contributed by atoms with Crippen LogP contribution < -0.4 is 5.32 Å². The van der Waals surface area contributed by atoms with E-state index in [-0.39, 0.29) is 6.04 Å². The van der Waals surface area contributed by atoms with Crippen LogP contribution in [0, 0.1) is 0 Å². The van der Waals surface area contributed by atoms with Gasteiger partial charge in [-0.3, -0.25) is 4.68 Å². The number of aryl methyl sites for hydroxylation is 2. The SMILES string of the molecule is CCNC(Cc1cc(CC)nn1C)c1cccc(Cl)c1Cl. The topological polar surface area (TPSA) is 29.9 Å². The summed E-state index contributed by atoms with van der Waals surface area (Å²) in [6.07, 6.45) is 1.77. The number of halogens is 2. The molecule has 0 amide bonds. The van der Waals surface area contributed by atoms with Crippen molar-refractivity contribution in [2.45, 2.75) is 32.7 Å². The van der Waals surface area contributed by atoms with Crippen molar-refractivity contribution in [3.8, 4) is 0 Å². The number of hydrogen-bond acceptors (Lipinski definition) is 2. The zero-order valence-corrected chi connectivity index (χ0v) is 14.2. The standard InChI is InChI=1S/C16H21Cl2N3/c1-4-11-9-12(21(3)20-11)10-15(19-5-2)13-7-6-8-14(17)16(13)18/h6-9,15,19H,4-5,10H2,1-3H3. The summed E-state index contributed by atoms with van der Waals surface area (Å²) in [6.45, 7) is 5.07. The summed E-state index contributed by atoms with van der Waals surface area (Å²) < 4.78 is 1.95. The first kappa shape index (κ1) is 16.3. The van der Waals surface area contributed by atoms with Gasteiger partial charge < -0.3 is 5.32 Å². The summed E-state index contributed by atoms with van der Waals surface area (Å²) in [5.41, 5.74) is 3.33. The van der Waals surface area contributed by atoms with Gasteiger partial charge in [-0.2, -0.15) is 5.10 Å². The minimum Gasteiger partial charge on any atom is -0.310 e. The normalized spacial score (nSPS) is 12.6. The van der Waals surface area contributed by atoms with Gasteiger partial charge in [0, 0.05) is 25.2 Å². The first-order valence-electron chi connectivity index (χ1n) is 7.25. The monoisotopic (exact) mass is 325 g/mol. The maximum absolute atomic E-state index is 6.37. The molecule has 21 heavy (non-hydrogen) atoms. The third-order valence-electron chi connectivity index (χ3n) is 3.61. The van der Waals surface area contributed by atoms with Crippen molar-refractivity contribution in [1.29, 1.82) is 0 Å². The fraction of sp³-hybridized carbons (Fsp3) is 0.438. The van der Waals surface area contributed by atoms with Crippen LogP contribution in [0.25, 0.3) is 0 Å². The molecule has 114 valence electrons. The largest absolute Gasteiger partial charge is 0.310 e. The lowest BCUT2D eigenvalue weighted by Crippen LogP contribution is -2.24. The van der Waals surface area contributed by atoms with Crippen LogP contribution in [0.15, 0.2) is 24.3 Å². The third kappa shape index (κ3) is 3.79. The second-order valence-corrected chi connectivity index (χ2v) is 5.85. The van der Waals surface area contributed by atoms with E-state index in [1.165, 1.54) is 5.69 Å². The highest BCUT2D eigenvalue weighted by molar-refractivity contribution is 6.42. The van der Waals surface area contributed by atoms with Gasteiger partial charge in [-0.1, -0.05) is 49.2 Å². The molecule has 0 fully saturated rings. The number of likely N-dealkylation sites (N-methyl/N-ethyl adjacent to an activating group) is 1. The van der Waals surface area contributed by atoms with Crippen LogP contribution in [0.3, 0.4) is 0 Å². The molecule has 1 aromatic heterocycles. The summed E-state index contributed by atoms with van der Waals surface area (Å²) in [4.78, 5) is 0. The number of nitrogens with zero attached hydrogens (tertiary/aromatic N) is 2. The molecule has 0 aliphatic carbocycles. The van der Waals surface area contributed by atoms with E-state index < -0.39 is 0 Å². The minimum atomic E-state index is 0.126. The molecule has 1 N–H and O–H groups in total. The Balaban J connectivity index is 2.30. The molecule has 2 rings (SSSR count). The lowest BCUT2D eigenvalue weighted by molar-refractivity contribution is 0.529. The molecule has 0 aliphatic heterocycles. The number of hydrogen-bond donors (Lipinski definition) is 1. The van der Waals surface area contributed by atoms with Crippen molar-refractivity contribution < 1.29 is 0 Å². The molecular weight excluding hydrogens is 305 g/mol. The van der Waals surface area contributed by atoms with Crippen LogP contribution in [0.5, 0.6) is 0 Å². The highest BCUT2D eigenvalue weighted by atomic mass is 35.5. The molecule has 1 aromatic carbocycles. The first-order valence-corrected chi connectivity index (χ1v) is 8.01. The summed E-state index contributed by atoms with van der Waals surface area (Å²) >= 11 is 12.5. The Morgan fingerprint density at radius 1 is 1.29 bits per heavy atom. The first-order chi connectivity index (χ1) is 10.1. The van der Waals surface area contributed by atoms with E-state index in [0.717, 1.165) is 30.6 Å². The molecule has 1 atom stereocenters. The van der Waals surface area contributed by atoms with E-state index in [9.17, 15) is 0 Å². The molecule has 0 radical (unpaired) electrons. The molecule has 0 saturated heterocycles. The van der Waals surface area contributed by atoms with Crippen molar-refractivity contribution in [2.75, 3.05) is 6.54 Å². The molecular formula is C16H21Cl2N3. The maximum Gasteiger partial charge on any atom is 0.0640 e. The van der Waals surface area contributed by atoms with E-state index >= 15 is 0 Å². The summed E-state index contributed by atoms with van der Waals surface area (Å²) in [5.74, 6) is 0. The van der Waals surface area contributed by atoms with E-state index in [2.05, 4.69) is 30.3 Å². The number of nitrogens with one attached hydrogen (secondary N) is 1. The zero-order chi connectivity index (χ0) is 15.4. The minimum absolute atomic E-state index is 0.126. The second-order valence-electron chi connectivity index (χ2n) is 5.06. The van der Waals surface area contributed by atoms with Gasteiger partial charge in [-0.25, -0.2) is 0 Å². The molecule has 5 heteroatoms. The predicted octanol–water partition coefficient (Wildman–Crippen LogP) is 4.18. The quantitative estimate of drug-likeness (QED) is 0.863. The lowest BCUT2D eigenvalue weighted by atomic mass is 10.0. The van der Waals surface area contributed by atoms with Crippen molar-refractivity contribution in [3.05, 3.63) is 51.3 Å². The molecule has 0 spiro atoms. The fourth-order valence-electron chi connectivity index (χ4n) is 2.47. The van der Waals surface area contributed by atoms with Crippen LogP contribution in [0.1, 0.15) is 36.8 Å². The van der Waals surface area contributed by atoms with E-state index in [0.29, 0.717) is 10.0 Å². The van der Waals surface area contributed by atoms with Gasteiger partial charge in [0.2, 0.25) is 0 Å². The van der Waals surface area contributed by atoms with Gasteiger partial charge >= 0.3 is 0 Å². The third-order valence-corrected chi connectivity index (χ3v) is 4.44. The Morgan fingerprint density at radius 3 is 2.67 bits per heavy atom. The molecule has 0 saturated carbocycles. The van der Waals surface area contributed by atoms with Gasteiger partial charge in [-0.05, 0) is 30.7 Å². The molecule has 3 nitrogen and oxygen atoms in total. The lowest BCUT2D eigenvalue weighted by Gasteiger charge is -2.20. The Bertz CT molecular complexity index is 608. The maximum atomic E-state index is 6.37. The number of benzene rings is 1. The molecule has 0 aliphatic rings. The van der Waals surface area contributed by atoms with E-state index in [1.54, 1.807) is 0 Å². The fourth-order valence-corrected chi connectivity index (χ4v) is 2.91. The van der Waals surface area contributed by atoms with Crippen molar-refractivity contribution in [2.24, 2.45) is 7.05 Å². The Labute approximate surface area is 136 Å². The highest BCUT2D eigenvalue weighted by Gasteiger charge is 2.18. The molecule has 2 aromatic rings. The van der Waals surface area contributed by atoms with E-state index in [1.807, 2.05) is 29.9 Å². The van der Waals surface area contributed by atoms with Crippen molar-refractivity contribution in [3.63, 3.8) is 0 Å². The zero-order valence-electron chi connectivity index (χ0n) is 12.7. The van der Waals surface area contributed by atoms with Crippen molar-refractivity contribution >= 4 is 23.2 Å². The van der Waals surface area contributed by atoms with Gasteiger partial charge in [-0.15, -0.1) is 0 Å². The average molecular weight is 326 g/mol. The Kier molecular flexibility index (Phi) is 5.68. The van der Waals surface area contributed by atoms with Gasteiger partial charge in [0.05, 0.1) is 15.7 Å². The number of aromatic nitrogens is 2. The van der Waals surface area contributed by atoms with Crippen molar-refractivity contribution in [1.82, 2.24) is 15.1 Å². The molecule has 1 heterocycles. The Morgan fingerprint density at radius 2 is 2.05 bits per heavy atom. The Hall–Kier alpha value is -1.03. The summed E-state index contributed by atoms with van der Waals surface area (Å²) in [5, 5.41) is 9.21. The van der Waals surface area contributed by atoms with Crippen LogP contribution >= 0.6 is 23.2 Å². The van der Waals surface area contributed by atoms with Crippen LogP contribution in [0.2, 0.25) is 10.0 Å². The second kappa shape index (κ2) is 7.30. The summed E-state index contributed by atoms with van der Waals surface area (Å²) in [7, 11) is 1.98. The smallest absolute Gasteiger partial charge is 0.0640 e. The molecule has 1 unspecified atom stereocenters. The molecule has 0 bridgehead atoms. The van der Waals surface area contributed by atoms with Crippen LogP contribution in [0.4, 0.5) is 0 Å². The van der Waals surface area contributed by atoms with E-state index in [4.69, 9.17) is 23.2 Å². The number of rotatable bonds is 6. The highest BCUT2D eigenvalue weighted by Crippen LogP contribution is 2.31. The van der Waals surface area contributed by atoms with Crippen LogP contribution in [-0.4, -0.2) is 16.3 Å². The van der Waals surface area contributed by atoms with Crippen LogP contribution in [-0.2, 0) is 19.9 Å². The average Bonchev–Trinajstić information content (AvgIpc) is 2.82. The van der Waals surface area contributed by atoms with Gasteiger partial charge in [0.25, 0.3) is 0 Å². The summed E-state index contributed by atoms with van der Waals surface area (Å²) in [6, 6.07) is 8.06. The predicted molar refractivity (Wildman–Crippen MR) is 89.2 cm³/mol.